The summed E-state index contributed by atoms with van der Waals surface area (Å²) in [6.07, 6.45) is 1.82. The van der Waals surface area contributed by atoms with E-state index in [1.54, 1.807) is 16.8 Å². The molecule has 7 heteroatoms. The topological polar surface area (TPSA) is 55.1 Å². The van der Waals surface area contributed by atoms with Gasteiger partial charge in [0.2, 0.25) is 0 Å². The number of thioether (sulfide) groups is 1. The third-order valence-electron chi connectivity index (χ3n) is 2.72. The molecule has 1 aromatic heterocycles. The zero-order chi connectivity index (χ0) is 15.4. The first-order valence-electron chi connectivity index (χ1n) is 6.40. The Bertz CT molecular complexity index is 658. The fraction of sp³-hybridized carbons (Fsp3) is 0.286. The molecule has 2 aromatic rings. The maximum absolute atomic E-state index is 10.8. The summed E-state index contributed by atoms with van der Waals surface area (Å²) in [6.45, 7) is 2.07. The fourth-order valence-corrected chi connectivity index (χ4v) is 2.88. The smallest absolute Gasteiger partial charge is 0.313 e. The number of carbonyl (C=O) groups is 1. The SMILES string of the molecule is CCCc1cc(SCC(=O)O)n(-c2ccc(Cl)c(Cl)c2)n1. The maximum Gasteiger partial charge on any atom is 0.313 e. The van der Waals surface area contributed by atoms with Crippen molar-refractivity contribution in [1.29, 1.82) is 0 Å². The summed E-state index contributed by atoms with van der Waals surface area (Å²) >= 11 is 13.2. The highest BCUT2D eigenvalue weighted by Crippen LogP contribution is 2.28. The second-order valence-electron chi connectivity index (χ2n) is 4.42. The number of nitrogens with zero attached hydrogens (tertiary/aromatic N) is 2. The second kappa shape index (κ2) is 7.20. The summed E-state index contributed by atoms with van der Waals surface area (Å²) in [5, 5.41) is 15.0. The number of hydrogen-bond donors (Lipinski definition) is 1. The van der Waals surface area contributed by atoms with Gasteiger partial charge in [-0.25, -0.2) is 4.68 Å². The Morgan fingerprint density at radius 1 is 1.33 bits per heavy atom. The van der Waals surface area contributed by atoms with Crippen molar-refractivity contribution in [3.63, 3.8) is 0 Å². The van der Waals surface area contributed by atoms with Gasteiger partial charge in [-0.05, 0) is 30.7 Å². The lowest BCUT2D eigenvalue weighted by Gasteiger charge is -2.07. The van der Waals surface area contributed by atoms with Gasteiger partial charge in [0, 0.05) is 0 Å². The largest absolute Gasteiger partial charge is 0.481 e. The molecule has 1 N–H and O–H groups in total. The first kappa shape index (κ1) is 16.2. The van der Waals surface area contributed by atoms with Crippen LogP contribution >= 0.6 is 35.0 Å². The zero-order valence-electron chi connectivity index (χ0n) is 11.3. The van der Waals surface area contributed by atoms with Gasteiger partial charge in [-0.2, -0.15) is 5.10 Å². The Labute approximate surface area is 137 Å². The minimum Gasteiger partial charge on any atom is -0.481 e. The molecule has 0 aliphatic rings. The number of aromatic nitrogens is 2. The van der Waals surface area contributed by atoms with Crippen molar-refractivity contribution in [2.24, 2.45) is 0 Å². The maximum atomic E-state index is 10.8. The number of rotatable bonds is 6. The molecule has 0 radical (unpaired) electrons. The van der Waals surface area contributed by atoms with E-state index in [1.807, 2.05) is 12.1 Å². The van der Waals surface area contributed by atoms with Crippen molar-refractivity contribution in [3.8, 4) is 5.69 Å². The van der Waals surface area contributed by atoms with Gasteiger partial charge in [0.25, 0.3) is 0 Å². The van der Waals surface area contributed by atoms with E-state index < -0.39 is 5.97 Å². The molecule has 0 saturated heterocycles. The van der Waals surface area contributed by atoms with Gasteiger partial charge in [-0.1, -0.05) is 48.3 Å². The molecule has 1 aromatic carbocycles. The zero-order valence-corrected chi connectivity index (χ0v) is 13.7. The van der Waals surface area contributed by atoms with E-state index >= 15 is 0 Å². The molecule has 0 fully saturated rings. The van der Waals surface area contributed by atoms with Gasteiger partial charge in [0.15, 0.2) is 0 Å². The second-order valence-corrected chi connectivity index (χ2v) is 6.23. The standard InChI is InChI=1S/C14H14Cl2N2O2S/c1-2-3-9-6-13(21-8-14(19)20)18(17-9)10-4-5-11(15)12(16)7-10/h4-7H,2-3,8H2,1H3,(H,19,20). The summed E-state index contributed by atoms with van der Waals surface area (Å²) < 4.78 is 1.71. The van der Waals surface area contributed by atoms with Gasteiger partial charge in [-0.3, -0.25) is 4.79 Å². The summed E-state index contributed by atoms with van der Waals surface area (Å²) in [5.41, 5.74) is 1.69. The lowest BCUT2D eigenvalue weighted by Crippen LogP contribution is -2.02. The Morgan fingerprint density at radius 2 is 2.10 bits per heavy atom. The van der Waals surface area contributed by atoms with Crippen LogP contribution in [0.1, 0.15) is 19.0 Å². The van der Waals surface area contributed by atoms with Crippen LogP contribution in [0.3, 0.4) is 0 Å². The van der Waals surface area contributed by atoms with Crippen molar-refractivity contribution < 1.29 is 9.90 Å². The summed E-state index contributed by atoms with van der Waals surface area (Å²) in [5.74, 6) is -0.877. The molecule has 0 unspecified atom stereocenters. The van der Waals surface area contributed by atoms with Crippen LogP contribution < -0.4 is 0 Å². The molecular weight excluding hydrogens is 331 g/mol. The third kappa shape index (κ3) is 4.15. The number of hydrogen-bond acceptors (Lipinski definition) is 3. The van der Waals surface area contributed by atoms with Crippen molar-refractivity contribution in [2.45, 2.75) is 24.8 Å². The third-order valence-corrected chi connectivity index (χ3v) is 4.44. The van der Waals surface area contributed by atoms with Crippen LogP contribution in [0.2, 0.25) is 10.0 Å². The highest BCUT2D eigenvalue weighted by molar-refractivity contribution is 7.99. The molecule has 0 aliphatic carbocycles. The molecule has 112 valence electrons. The number of carboxylic acid groups (broad SMARTS) is 1. The first-order chi connectivity index (χ1) is 10.0. The van der Waals surface area contributed by atoms with Crippen LogP contribution in [0.25, 0.3) is 5.69 Å². The van der Waals surface area contributed by atoms with Gasteiger partial charge >= 0.3 is 5.97 Å². The number of aryl methyl sites for hydroxylation is 1. The van der Waals surface area contributed by atoms with Crippen LogP contribution in [0, 0.1) is 0 Å². The van der Waals surface area contributed by atoms with E-state index in [1.165, 1.54) is 11.8 Å². The van der Waals surface area contributed by atoms with E-state index in [0.29, 0.717) is 10.0 Å². The Kier molecular flexibility index (Phi) is 5.56. The summed E-state index contributed by atoms with van der Waals surface area (Å²) in [7, 11) is 0. The van der Waals surface area contributed by atoms with Crippen molar-refractivity contribution in [2.75, 3.05) is 5.75 Å². The quantitative estimate of drug-likeness (QED) is 0.793. The lowest BCUT2D eigenvalue weighted by atomic mass is 10.3. The van der Waals surface area contributed by atoms with E-state index in [2.05, 4.69) is 12.0 Å². The Balaban J connectivity index is 2.38. The van der Waals surface area contributed by atoms with E-state index in [9.17, 15) is 4.79 Å². The summed E-state index contributed by atoms with van der Waals surface area (Å²) in [6, 6.07) is 7.14. The van der Waals surface area contributed by atoms with Gasteiger partial charge in [-0.15, -0.1) is 0 Å². The predicted molar refractivity (Wildman–Crippen MR) is 85.9 cm³/mol. The number of carboxylic acids is 1. The van der Waals surface area contributed by atoms with E-state index in [0.717, 1.165) is 29.2 Å². The molecule has 0 spiro atoms. The number of aliphatic carboxylic acids is 1. The van der Waals surface area contributed by atoms with Crippen molar-refractivity contribution >= 4 is 40.9 Å². The molecular formula is C14H14Cl2N2O2S. The molecule has 1 heterocycles. The molecule has 0 amide bonds. The van der Waals surface area contributed by atoms with Crippen molar-refractivity contribution in [3.05, 3.63) is 40.0 Å². The molecule has 0 saturated carbocycles. The van der Waals surface area contributed by atoms with Crippen LogP contribution in [0.4, 0.5) is 0 Å². The van der Waals surface area contributed by atoms with Crippen LogP contribution in [0.15, 0.2) is 29.3 Å². The molecule has 0 atom stereocenters. The van der Waals surface area contributed by atoms with E-state index in [4.69, 9.17) is 28.3 Å². The highest BCUT2D eigenvalue weighted by atomic mass is 35.5. The highest BCUT2D eigenvalue weighted by Gasteiger charge is 2.12. The molecule has 0 bridgehead atoms. The van der Waals surface area contributed by atoms with Gasteiger partial charge in [0.1, 0.15) is 5.03 Å². The van der Waals surface area contributed by atoms with Crippen LogP contribution in [-0.2, 0) is 11.2 Å². The minimum absolute atomic E-state index is 0.0153. The average molecular weight is 345 g/mol. The molecule has 21 heavy (non-hydrogen) atoms. The number of benzene rings is 1. The van der Waals surface area contributed by atoms with Gasteiger partial charge in [0.05, 0.1) is 27.2 Å². The first-order valence-corrected chi connectivity index (χ1v) is 8.14. The molecule has 4 nitrogen and oxygen atoms in total. The van der Waals surface area contributed by atoms with Gasteiger partial charge < -0.3 is 5.11 Å². The lowest BCUT2D eigenvalue weighted by molar-refractivity contribution is -0.133. The van der Waals surface area contributed by atoms with E-state index in [-0.39, 0.29) is 5.75 Å². The van der Waals surface area contributed by atoms with Crippen molar-refractivity contribution in [1.82, 2.24) is 9.78 Å². The predicted octanol–water partition coefficient (Wildman–Crippen LogP) is 4.31. The Morgan fingerprint density at radius 3 is 2.71 bits per heavy atom. The normalized spacial score (nSPS) is 10.8. The Hall–Kier alpha value is -1.17. The molecule has 0 aliphatic heterocycles. The van der Waals surface area contributed by atoms with Crippen LogP contribution in [0.5, 0.6) is 0 Å². The minimum atomic E-state index is -0.862. The number of halogens is 2. The fourth-order valence-electron chi connectivity index (χ4n) is 1.83. The monoisotopic (exact) mass is 344 g/mol. The molecule has 2 rings (SSSR count). The van der Waals surface area contributed by atoms with Crippen LogP contribution in [-0.4, -0.2) is 26.6 Å². The average Bonchev–Trinajstić information content (AvgIpc) is 2.83. The summed E-state index contributed by atoms with van der Waals surface area (Å²) in [4.78, 5) is 10.8.